The molecule has 0 N–H and O–H groups in total. The molecule has 0 atom stereocenters. The molecule has 554 valence electrons. The number of hydrogen-bond acceptors (Lipinski definition) is 3. The molecule has 0 aliphatic rings. The third kappa shape index (κ3) is 9.57. The van der Waals surface area contributed by atoms with Gasteiger partial charge in [0.2, 0.25) is 17.3 Å². The van der Waals surface area contributed by atoms with E-state index >= 15 is 0 Å². The second kappa shape index (κ2) is 25.4. The van der Waals surface area contributed by atoms with E-state index in [4.69, 9.17) is 15.0 Å². The van der Waals surface area contributed by atoms with Crippen LogP contribution in [0.5, 0.6) is 0 Å². The average molecular weight is 1510 g/mol. The Bertz CT molecular complexity index is 8680. The van der Waals surface area contributed by atoms with Gasteiger partial charge in [0.1, 0.15) is 5.52 Å². The molecule has 0 saturated carbocycles. The molecule has 27 aromatic rings. The summed E-state index contributed by atoms with van der Waals surface area (Å²) in [6, 6.07) is 129. The van der Waals surface area contributed by atoms with Crippen LogP contribution in [0.25, 0.3) is 215 Å². The van der Waals surface area contributed by atoms with E-state index in [1.807, 2.05) is 18.2 Å². The van der Waals surface area contributed by atoms with Crippen LogP contribution < -0.4 is 0 Å². The van der Waals surface area contributed by atoms with Crippen LogP contribution >= 0.6 is 0 Å². The minimum Gasteiger partial charge on any atom is -0.344 e. The van der Waals surface area contributed by atoms with Crippen LogP contribution in [0.2, 0.25) is 0 Å². The van der Waals surface area contributed by atoms with E-state index in [1.165, 1.54) is 120 Å². The standard InChI is InChI=1S/3C26H18N4.C25H18N2/c1-28-21-10-4-2-8-18(21)19-16-17(14-15-22(19)28)29-24-12-6-7-13-25(24)30-23-11-5-3-9-20(23)27-26(29)30;1-28-21-12-6-5-11-18(21)19-15-16-20-25(24(19)28)30-23-14-8-7-13-22(23)29(26(30)27-20)17-9-3-2-4-10-17;1-28-20-12-6-5-11-18(20)19-15-16-23-24(25(19)28)27-26-29(17-9-3-2-4-10-17)21-13-7-8-14-22(21)30(23)26;1-26-22-11-5-2-10-20(22)21-16-17(14-15-23(21)26)27-24-12-6-3-8-18(24)19-9-4-7-13-25(19)27/h3*2-16H,1H3;2-16H,1H3. The number of benzene rings is 16. The van der Waals surface area contributed by atoms with Crippen LogP contribution in [-0.2, 0) is 28.2 Å². The van der Waals surface area contributed by atoms with Crippen molar-refractivity contribution in [1.29, 1.82) is 0 Å². The summed E-state index contributed by atoms with van der Waals surface area (Å²) in [5.41, 5.74) is 30.4. The van der Waals surface area contributed by atoms with Crippen molar-refractivity contribution in [2.24, 2.45) is 28.2 Å². The monoisotopic (exact) mass is 1500 g/mol. The molecule has 0 amide bonds. The summed E-state index contributed by atoms with van der Waals surface area (Å²) in [5.74, 6) is 2.82. The van der Waals surface area contributed by atoms with E-state index in [2.05, 4.69) is 424 Å². The summed E-state index contributed by atoms with van der Waals surface area (Å²) < 4.78 is 25.1. The molecule has 117 heavy (non-hydrogen) atoms. The van der Waals surface area contributed by atoms with Gasteiger partial charge in [0.15, 0.2) is 0 Å². The smallest absolute Gasteiger partial charge is 0.220 e. The summed E-state index contributed by atoms with van der Waals surface area (Å²) in [7, 11) is 8.57. The highest BCUT2D eigenvalue weighted by molar-refractivity contribution is 6.20. The number of imidazole rings is 6. The first-order valence-electron chi connectivity index (χ1n) is 39.8. The summed E-state index contributed by atoms with van der Waals surface area (Å²) in [6.45, 7) is 0. The van der Waals surface area contributed by atoms with Crippen LogP contribution in [0.4, 0.5) is 0 Å². The summed E-state index contributed by atoms with van der Waals surface area (Å²) in [4.78, 5) is 15.3. The molecule has 0 aliphatic heterocycles. The second-order valence-electron chi connectivity index (χ2n) is 30.6. The first kappa shape index (κ1) is 66.0. The van der Waals surface area contributed by atoms with Gasteiger partial charge in [0.25, 0.3) is 0 Å². The quantitative estimate of drug-likeness (QED) is 0.176. The molecule has 0 aliphatic carbocycles. The normalized spacial score (nSPS) is 12.1. The molecule has 11 aromatic heterocycles. The van der Waals surface area contributed by atoms with Crippen molar-refractivity contribution < 1.29 is 0 Å². The lowest BCUT2D eigenvalue weighted by Gasteiger charge is -2.08. The molecule has 16 aromatic carbocycles. The second-order valence-corrected chi connectivity index (χ2v) is 30.6. The van der Waals surface area contributed by atoms with Crippen molar-refractivity contribution in [1.82, 2.24) is 64.7 Å². The predicted molar refractivity (Wildman–Crippen MR) is 485 cm³/mol. The number of nitrogens with zero attached hydrogens (tertiary/aromatic N) is 14. The highest BCUT2D eigenvalue weighted by atomic mass is 15.2. The van der Waals surface area contributed by atoms with Gasteiger partial charge in [-0.1, -0.05) is 194 Å². The topological polar surface area (TPSA) is 91.3 Å². The third-order valence-corrected chi connectivity index (χ3v) is 24.5. The van der Waals surface area contributed by atoms with Crippen molar-refractivity contribution in [3.63, 3.8) is 0 Å². The van der Waals surface area contributed by atoms with E-state index in [-0.39, 0.29) is 0 Å². The molecular formula is C103H72N14. The van der Waals surface area contributed by atoms with Gasteiger partial charge in [-0.05, 0) is 170 Å². The van der Waals surface area contributed by atoms with Crippen molar-refractivity contribution in [3.8, 4) is 22.7 Å². The average Bonchev–Trinajstić information content (AvgIpc) is 1.55. The van der Waals surface area contributed by atoms with E-state index in [0.29, 0.717) is 0 Å². The molecule has 11 heterocycles. The van der Waals surface area contributed by atoms with Gasteiger partial charge in [-0.3, -0.25) is 26.9 Å². The molecule has 0 radical (unpaired) electrons. The highest BCUT2D eigenvalue weighted by Crippen LogP contribution is 2.42. The van der Waals surface area contributed by atoms with Gasteiger partial charge in [-0.25, -0.2) is 15.0 Å². The zero-order chi connectivity index (χ0) is 77.4. The van der Waals surface area contributed by atoms with Crippen LogP contribution in [-0.4, -0.2) is 64.7 Å². The Kier molecular flexibility index (Phi) is 14.3. The maximum absolute atomic E-state index is 5.22. The van der Waals surface area contributed by atoms with Gasteiger partial charge < -0.3 is 22.8 Å². The molecule has 0 unspecified atom stereocenters. The fourth-order valence-corrected chi connectivity index (χ4v) is 19.3. The van der Waals surface area contributed by atoms with E-state index < -0.39 is 0 Å². The number of rotatable bonds is 4. The largest absolute Gasteiger partial charge is 0.344 e. The Balaban J connectivity index is 0.0000000894. The molecular weight excluding hydrogens is 1430 g/mol. The fraction of sp³-hybridized carbons (Fsp3) is 0.0388. The number of para-hydroxylation sites is 16. The lowest BCUT2D eigenvalue weighted by atomic mass is 10.1. The maximum atomic E-state index is 5.22. The van der Waals surface area contributed by atoms with E-state index in [9.17, 15) is 0 Å². The predicted octanol–water partition coefficient (Wildman–Crippen LogP) is 24.7. The Morgan fingerprint density at radius 2 is 0.487 bits per heavy atom. The minimum atomic E-state index is 0.940. The summed E-state index contributed by atoms with van der Waals surface area (Å²) in [6.07, 6.45) is 0. The van der Waals surface area contributed by atoms with Crippen LogP contribution in [0, 0.1) is 0 Å². The molecule has 0 spiro atoms. The van der Waals surface area contributed by atoms with E-state index in [0.717, 1.165) is 95.1 Å². The Labute approximate surface area is 668 Å². The zero-order valence-electron chi connectivity index (χ0n) is 64.4. The summed E-state index contributed by atoms with van der Waals surface area (Å²) in [5, 5.41) is 12.8. The van der Waals surface area contributed by atoms with Crippen molar-refractivity contribution >= 4 is 193 Å². The first-order chi connectivity index (χ1) is 57.8. The molecule has 27 rings (SSSR count). The van der Waals surface area contributed by atoms with Crippen LogP contribution in [0.1, 0.15) is 0 Å². The lowest BCUT2D eigenvalue weighted by Crippen LogP contribution is -1.95. The van der Waals surface area contributed by atoms with Crippen molar-refractivity contribution in [3.05, 3.63) is 364 Å². The SMILES string of the molecule is Cn1c2ccccc2c2cc(-n3c4ccccc4c4ccccc43)ccc21.Cn1c2ccccc2c2cc(-n3c4ccccc4n4c5ccccc5nc34)ccc21.Cn1c2ccccc2c2ccc3c(nc4n(-c5ccccc5)c5ccccc5n34)c21.Cn1c2ccccc2c2ccc3nc4n(-c5ccccc5)c5ccccc5n4c3c21. The molecule has 0 saturated heterocycles. The highest BCUT2D eigenvalue weighted by Gasteiger charge is 2.25. The number of fused-ring (bicyclic) bond motifs is 32. The molecule has 14 nitrogen and oxygen atoms in total. The fourth-order valence-electron chi connectivity index (χ4n) is 19.3. The number of aryl methyl sites for hydroxylation is 4. The van der Waals surface area contributed by atoms with Gasteiger partial charge in [-0.15, -0.1) is 0 Å². The zero-order valence-corrected chi connectivity index (χ0v) is 64.4. The van der Waals surface area contributed by atoms with Crippen molar-refractivity contribution in [2.75, 3.05) is 0 Å². The van der Waals surface area contributed by atoms with Crippen LogP contribution in [0.15, 0.2) is 364 Å². The van der Waals surface area contributed by atoms with Gasteiger partial charge in [0.05, 0.1) is 82.8 Å². The first-order valence-corrected chi connectivity index (χ1v) is 39.8. The Morgan fingerprint density at radius 3 is 0.991 bits per heavy atom. The lowest BCUT2D eigenvalue weighted by molar-refractivity contribution is 1.01. The van der Waals surface area contributed by atoms with E-state index in [1.54, 1.807) is 0 Å². The summed E-state index contributed by atoms with van der Waals surface area (Å²) >= 11 is 0. The number of aromatic nitrogens is 14. The number of hydrogen-bond donors (Lipinski definition) is 0. The maximum Gasteiger partial charge on any atom is 0.220 e. The molecule has 14 heteroatoms. The molecule has 0 fully saturated rings. The van der Waals surface area contributed by atoms with Crippen molar-refractivity contribution in [2.45, 2.75) is 0 Å². The Hall–Kier alpha value is -15.7. The Morgan fingerprint density at radius 1 is 0.171 bits per heavy atom. The van der Waals surface area contributed by atoms with Gasteiger partial charge in [-0.2, -0.15) is 0 Å². The third-order valence-electron chi connectivity index (χ3n) is 24.5. The minimum absolute atomic E-state index is 0.940. The van der Waals surface area contributed by atoms with Crippen LogP contribution in [0.3, 0.4) is 0 Å². The van der Waals surface area contributed by atoms with Gasteiger partial charge >= 0.3 is 0 Å². The molecule has 0 bridgehead atoms. The van der Waals surface area contributed by atoms with Gasteiger partial charge in [0, 0.05) is 138 Å².